The summed E-state index contributed by atoms with van der Waals surface area (Å²) in [6, 6.07) is 9.14. The second-order valence-electron chi connectivity index (χ2n) is 6.15. The van der Waals surface area contributed by atoms with Crippen LogP contribution in [0.15, 0.2) is 30.3 Å². The van der Waals surface area contributed by atoms with Gasteiger partial charge in [0.1, 0.15) is 6.04 Å². The average molecular weight is 274 g/mol. The topological polar surface area (TPSA) is 46.3 Å². The lowest BCUT2D eigenvalue weighted by Crippen LogP contribution is -2.39. The fourth-order valence-corrected chi connectivity index (χ4v) is 3.01. The highest BCUT2D eigenvalue weighted by Gasteiger charge is 2.26. The first-order valence-electron chi connectivity index (χ1n) is 7.69. The first-order chi connectivity index (χ1) is 9.59. The van der Waals surface area contributed by atoms with Gasteiger partial charge in [-0.3, -0.25) is 4.79 Å². The molecule has 1 aliphatic heterocycles. The van der Waals surface area contributed by atoms with Gasteiger partial charge in [0.25, 0.3) is 0 Å². The summed E-state index contributed by atoms with van der Waals surface area (Å²) < 4.78 is 0. The van der Waals surface area contributed by atoms with E-state index in [2.05, 4.69) is 13.8 Å². The number of rotatable bonds is 3. The largest absolute Gasteiger partial charge is 0.341 e. The molecule has 2 N–H and O–H groups in total. The number of carbonyl (C=O) groups excluding carboxylic acids is 1. The van der Waals surface area contributed by atoms with E-state index >= 15 is 0 Å². The number of nitrogens with zero attached hydrogens (tertiary/aromatic N) is 1. The lowest BCUT2D eigenvalue weighted by atomic mass is 9.89. The van der Waals surface area contributed by atoms with Crippen LogP contribution < -0.4 is 5.73 Å². The molecule has 0 radical (unpaired) electrons. The zero-order valence-corrected chi connectivity index (χ0v) is 12.6. The molecule has 1 aliphatic rings. The molecule has 0 bridgehead atoms. The molecular formula is C17H26N2O. The fourth-order valence-electron chi connectivity index (χ4n) is 3.01. The third-order valence-electron chi connectivity index (χ3n) is 4.45. The fraction of sp³-hybridized carbons (Fsp3) is 0.588. The first kappa shape index (κ1) is 15.0. The van der Waals surface area contributed by atoms with Crippen molar-refractivity contribution < 1.29 is 4.79 Å². The molecule has 1 saturated heterocycles. The van der Waals surface area contributed by atoms with Crippen LogP contribution in [-0.4, -0.2) is 23.9 Å². The standard InChI is InChI=1S/C17H26N2O/c1-13(2)14-9-6-11-19(12-10-14)17(20)16(18)15-7-4-3-5-8-15/h3-5,7-8,13-14,16H,6,9-12,18H2,1-2H3. The van der Waals surface area contributed by atoms with E-state index in [-0.39, 0.29) is 5.91 Å². The van der Waals surface area contributed by atoms with Crippen molar-refractivity contribution in [3.8, 4) is 0 Å². The monoisotopic (exact) mass is 274 g/mol. The van der Waals surface area contributed by atoms with Crippen LogP contribution in [0.3, 0.4) is 0 Å². The molecule has 3 heteroatoms. The van der Waals surface area contributed by atoms with Crippen molar-refractivity contribution in [2.24, 2.45) is 17.6 Å². The zero-order chi connectivity index (χ0) is 14.5. The van der Waals surface area contributed by atoms with Crippen molar-refractivity contribution in [3.63, 3.8) is 0 Å². The van der Waals surface area contributed by atoms with Gasteiger partial charge in [-0.2, -0.15) is 0 Å². The Morgan fingerprint density at radius 1 is 1.20 bits per heavy atom. The normalized spacial score (nSPS) is 21.6. The van der Waals surface area contributed by atoms with E-state index in [9.17, 15) is 4.79 Å². The van der Waals surface area contributed by atoms with E-state index in [1.54, 1.807) is 0 Å². The van der Waals surface area contributed by atoms with Crippen molar-refractivity contribution in [1.29, 1.82) is 0 Å². The van der Waals surface area contributed by atoms with Crippen LogP contribution in [-0.2, 0) is 4.79 Å². The van der Waals surface area contributed by atoms with E-state index in [0.29, 0.717) is 5.92 Å². The average Bonchev–Trinajstić information content (AvgIpc) is 2.72. The summed E-state index contributed by atoms with van der Waals surface area (Å²) in [4.78, 5) is 14.5. The van der Waals surface area contributed by atoms with Crippen LogP contribution in [0.5, 0.6) is 0 Å². The van der Waals surface area contributed by atoms with Crippen LogP contribution in [0.2, 0.25) is 0 Å². The summed E-state index contributed by atoms with van der Waals surface area (Å²) in [6.07, 6.45) is 3.42. The Labute approximate surface area is 122 Å². The molecule has 110 valence electrons. The summed E-state index contributed by atoms with van der Waals surface area (Å²) in [7, 11) is 0. The van der Waals surface area contributed by atoms with Gasteiger partial charge in [0.15, 0.2) is 0 Å². The smallest absolute Gasteiger partial charge is 0.244 e. The maximum atomic E-state index is 12.5. The van der Waals surface area contributed by atoms with Crippen molar-refractivity contribution in [3.05, 3.63) is 35.9 Å². The predicted molar refractivity (Wildman–Crippen MR) is 82.1 cm³/mol. The summed E-state index contributed by atoms with van der Waals surface area (Å²) in [5.41, 5.74) is 7.03. The molecule has 0 aliphatic carbocycles. The van der Waals surface area contributed by atoms with Gasteiger partial charge in [-0.05, 0) is 36.7 Å². The predicted octanol–water partition coefficient (Wildman–Crippen LogP) is 2.97. The van der Waals surface area contributed by atoms with Gasteiger partial charge in [-0.1, -0.05) is 44.2 Å². The Balaban J connectivity index is 1.99. The number of carbonyl (C=O) groups is 1. The Morgan fingerprint density at radius 3 is 2.55 bits per heavy atom. The van der Waals surface area contributed by atoms with Crippen molar-refractivity contribution in [2.45, 2.75) is 39.2 Å². The van der Waals surface area contributed by atoms with Gasteiger partial charge in [-0.25, -0.2) is 0 Å². The highest BCUT2D eigenvalue weighted by Crippen LogP contribution is 2.25. The number of amides is 1. The van der Waals surface area contributed by atoms with Crippen LogP contribution in [0.4, 0.5) is 0 Å². The molecular weight excluding hydrogens is 248 g/mol. The van der Waals surface area contributed by atoms with Gasteiger partial charge in [0.2, 0.25) is 5.91 Å². The Kier molecular flexibility index (Phi) is 5.18. The number of hydrogen-bond donors (Lipinski definition) is 1. The molecule has 2 unspecified atom stereocenters. The van der Waals surface area contributed by atoms with Gasteiger partial charge in [0.05, 0.1) is 0 Å². The third kappa shape index (κ3) is 3.60. The Bertz CT molecular complexity index is 430. The van der Waals surface area contributed by atoms with Crippen LogP contribution >= 0.6 is 0 Å². The zero-order valence-electron chi connectivity index (χ0n) is 12.6. The summed E-state index contributed by atoms with van der Waals surface area (Å²) >= 11 is 0. The Hall–Kier alpha value is -1.35. The minimum absolute atomic E-state index is 0.0700. The third-order valence-corrected chi connectivity index (χ3v) is 4.45. The molecule has 1 heterocycles. The highest BCUT2D eigenvalue weighted by atomic mass is 16.2. The molecule has 0 aromatic heterocycles. The molecule has 1 amide bonds. The van der Waals surface area contributed by atoms with Crippen LogP contribution in [0, 0.1) is 11.8 Å². The SMILES string of the molecule is CC(C)C1CCCN(C(=O)C(N)c2ccccc2)CC1. The van der Waals surface area contributed by atoms with E-state index in [4.69, 9.17) is 5.73 Å². The molecule has 0 spiro atoms. The highest BCUT2D eigenvalue weighted by molar-refractivity contribution is 5.83. The van der Waals surface area contributed by atoms with Gasteiger partial charge in [0, 0.05) is 13.1 Å². The van der Waals surface area contributed by atoms with Crippen molar-refractivity contribution in [1.82, 2.24) is 4.90 Å². The summed E-state index contributed by atoms with van der Waals surface area (Å²) in [6.45, 7) is 6.25. The number of benzene rings is 1. The molecule has 20 heavy (non-hydrogen) atoms. The van der Waals surface area contributed by atoms with E-state index < -0.39 is 6.04 Å². The molecule has 0 saturated carbocycles. The van der Waals surface area contributed by atoms with E-state index in [1.165, 1.54) is 6.42 Å². The molecule has 2 rings (SSSR count). The first-order valence-corrected chi connectivity index (χ1v) is 7.69. The van der Waals surface area contributed by atoms with Crippen LogP contribution in [0.1, 0.15) is 44.7 Å². The van der Waals surface area contributed by atoms with Gasteiger partial charge < -0.3 is 10.6 Å². The van der Waals surface area contributed by atoms with Crippen molar-refractivity contribution >= 4 is 5.91 Å². The molecule has 3 nitrogen and oxygen atoms in total. The summed E-state index contributed by atoms with van der Waals surface area (Å²) in [5.74, 6) is 1.51. The van der Waals surface area contributed by atoms with Gasteiger partial charge >= 0.3 is 0 Å². The van der Waals surface area contributed by atoms with E-state index in [1.807, 2.05) is 35.2 Å². The summed E-state index contributed by atoms with van der Waals surface area (Å²) in [5, 5.41) is 0. The minimum Gasteiger partial charge on any atom is -0.341 e. The second kappa shape index (κ2) is 6.89. The number of hydrogen-bond acceptors (Lipinski definition) is 2. The lowest BCUT2D eigenvalue weighted by molar-refractivity contribution is -0.132. The molecule has 1 fully saturated rings. The maximum Gasteiger partial charge on any atom is 0.244 e. The quantitative estimate of drug-likeness (QED) is 0.921. The van der Waals surface area contributed by atoms with E-state index in [0.717, 1.165) is 37.4 Å². The number of nitrogens with two attached hydrogens (primary N) is 1. The van der Waals surface area contributed by atoms with Crippen molar-refractivity contribution in [2.75, 3.05) is 13.1 Å². The Morgan fingerprint density at radius 2 is 1.90 bits per heavy atom. The lowest BCUT2D eigenvalue weighted by Gasteiger charge is -2.24. The minimum atomic E-state index is -0.521. The number of likely N-dealkylation sites (tertiary alicyclic amines) is 1. The molecule has 2 atom stereocenters. The molecule has 1 aromatic rings. The second-order valence-corrected chi connectivity index (χ2v) is 6.15. The van der Waals surface area contributed by atoms with Crippen LogP contribution in [0.25, 0.3) is 0 Å². The maximum absolute atomic E-state index is 12.5. The van der Waals surface area contributed by atoms with Gasteiger partial charge in [-0.15, -0.1) is 0 Å². The molecule has 1 aromatic carbocycles.